The number of carbonyl (C=O) groups excluding carboxylic acids is 1. The lowest BCUT2D eigenvalue weighted by atomic mass is 10.1. The first-order chi connectivity index (χ1) is 16.2. The molecule has 0 radical (unpaired) electrons. The third-order valence-corrected chi connectivity index (χ3v) is 7.80. The zero-order valence-electron chi connectivity index (χ0n) is 19.9. The molecule has 0 saturated carbocycles. The summed E-state index contributed by atoms with van der Waals surface area (Å²) < 4.78 is 28.4. The van der Waals surface area contributed by atoms with E-state index in [1.165, 1.54) is 17.1 Å². The Morgan fingerprint density at radius 1 is 0.853 bits per heavy atom. The Kier molecular flexibility index (Phi) is 6.93. The number of rotatable bonds is 7. The molecular weight excluding hydrogens is 446 g/mol. The second-order valence-electron chi connectivity index (χ2n) is 8.96. The molecule has 0 spiro atoms. The van der Waals surface area contributed by atoms with Crippen LogP contribution < -0.4 is 14.5 Å². The summed E-state index contributed by atoms with van der Waals surface area (Å²) >= 11 is 0. The van der Waals surface area contributed by atoms with Gasteiger partial charge in [0.1, 0.15) is 6.54 Å². The molecule has 1 amide bonds. The minimum absolute atomic E-state index is 0.153. The van der Waals surface area contributed by atoms with Crippen molar-refractivity contribution >= 4 is 33.0 Å². The van der Waals surface area contributed by atoms with Crippen molar-refractivity contribution in [2.75, 3.05) is 34.2 Å². The largest absolute Gasteiger partial charge is 0.372 e. The summed E-state index contributed by atoms with van der Waals surface area (Å²) in [6.45, 7) is 7.50. The van der Waals surface area contributed by atoms with Crippen LogP contribution in [0.3, 0.4) is 0 Å². The molecule has 1 heterocycles. The van der Waals surface area contributed by atoms with Crippen LogP contribution in [0.4, 0.5) is 17.1 Å². The zero-order valence-corrected chi connectivity index (χ0v) is 20.7. The maximum absolute atomic E-state index is 13.6. The minimum atomic E-state index is -3.94. The van der Waals surface area contributed by atoms with E-state index in [1.807, 2.05) is 51.1 Å². The second kappa shape index (κ2) is 9.89. The van der Waals surface area contributed by atoms with Crippen molar-refractivity contribution in [3.05, 3.63) is 83.4 Å². The van der Waals surface area contributed by atoms with Crippen LogP contribution in [0.25, 0.3) is 0 Å². The molecular formula is C27H31N3O3S. The highest BCUT2D eigenvalue weighted by Gasteiger charge is 2.27. The van der Waals surface area contributed by atoms with E-state index in [0.717, 1.165) is 35.5 Å². The van der Waals surface area contributed by atoms with Crippen LogP contribution in [0.15, 0.2) is 71.6 Å². The molecule has 3 aromatic carbocycles. The number of anilines is 3. The van der Waals surface area contributed by atoms with E-state index in [2.05, 4.69) is 10.2 Å². The van der Waals surface area contributed by atoms with E-state index in [4.69, 9.17) is 0 Å². The number of amides is 1. The van der Waals surface area contributed by atoms with Gasteiger partial charge < -0.3 is 10.2 Å². The summed E-state index contributed by atoms with van der Waals surface area (Å²) in [6.07, 6.45) is 2.39. The van der Waals surface area contributed by atoms with Gasteiger partial charge in [0, 0.05) is 24.5 Å². The number of nitrogens with zero attached hydrogens (tertiary/aromatic N) is 2. The molecule has 1 saturated heterocycles. The average molecular weight is 478 g/mol. The van der Waals surface area contributed by atoms with Gasteiger partial charge in [-0.3, -0.25) is 9.10 Å². The molecule has 4 rings (SSSR count). The lowest BCUT2D eigenvalue weighted by molar-refractivity contribution is -0.114. The predicted octanol–water partition coefficient (Wildman–Crippen LogP) is 5.05. The quantitative estimate of drug-likeness (QED) is 0.517. The standard InChI is InChI=1S/C27H31N3O3S/c1-20-6-12-26(13-7-20)34(32,33)30(25-17-21(2)16-22(3)18-25)19-27(31)28-23-8-10-24(11-9-23)29-14-4-5-15-29/h6-13,16-18H,4-5,14-15,19H2,1-3H3,(H,28,31). The van der Waals surface area contributed by atoms with Crippen molar-refractivity contribution in [1.82, 2.24) is 0 Å². The van der Waals surface area contributed by atoms with Gasteiger partial charge in [-0.25, -0.2) is 8.42 Å². The third-order valence-electron chi connectivity index (χ3n) is 6.01. The van der Waals surface area contributed by atoms with Gasteiger partial charge in [0.2, 0.25) is 5.91 Å². The fraction of sp³-hybridized carbons (Fsp3) is 0.296. The van der Waals surface area contributed by atoms with E-state index >= 15 is 0 Å². The Balaban J connectivity index is 1.58. The van der Waals surface area contributed by atoms with Gasteiger partial charge in [0.05, 0.1) is 10.6 Å². The average Bonchev–Trinajstić information content (AvgIpc) is 3.32. The van der Waals surface area contributed by atoms with Crippen molar-refractivity contribution in [3.63, 3.8) is 0 Å². The van der Waals surface area contributed by atoms with E-state index in [-0.39, 0.29) is 11.4 Å². The van der Waals surface area contributed by atoms with Crippen molar-refractivity contribution in [3.8, 4) is 0 Å². The first-order valence-electron chi connectivity index (χ1n) is 11.5. The SMILES string of the molecule is Cc1ccc(S(=O)(=O)N(CC(=O)Nc2ccc(N3CCCC3)cc2)c2cc(C)cc(C)c2)cc1. The number of carbonyl (C=O) groups is 1. The number of aryl methyl sites for hydroxylation is 3. The molecule has 1 N–H and O–H groups in total. The Hall–Kier alpha value is -3.32. The molecule has 178 valence electrons. The van der Waals surface area contributed by atoms with Crippen LogP contribution in [-0.2, 0) is 14.8 Å². The summed E-state index contributed by atoms with van der Waals surface area (Å²) in [5.41, 5.74) is 5.06. The first-order valence-corrected chi connectivity index (χ1v) is 13.0. The van der Waals surface area contributed by atoms with Gasteiger partial charge in [0.15, 0.2) is 0 Å². The van der Waals surface area contributed by atoms with Crippen molar-refractivity contribution in [2.24, 2.45) is 0 Å². The zero-order chi connectivity index (χ0) is 24.3. The highest BCUT2D eigenvalue weighted by molar-refractivity contribution is 7.92. The molecule has 6 nitrogen and oxygen atoms in total. The highest BCUT2D eigenvalue weighted by atomic mass is 32.2. The van der Waals surface area contributed by atoms with Gasteiger partial charge in [0.25, 0.3) is 10.0 Å². The molecule has 1 fully saturated rings. The van der Waals surface area contributed by atoms with Crippen LogP contribution in [0.1, 0.15) is 29.5 Å². The Bertz CT molecular complexity index is 1240. The monoisotopic (exact) mass is 477 g/mol. The number of benzene rings is 3. The predicted molar refractivity (Wildman–Crippen MR) is 138 cm³/mol. The second-order valence-corrected chi connectivity index (χ2v) is 10.8. The van der Waals surface area contributed by atoms with Gasteiger partial charge in [-0.2, -0.15) is 0 Å². The van der Waals surface area contributed by atoms with Gasteiger partial charge in [-0.05, 0) is 93.3 Å². The number of nitrogens with one attached hydrogen (secondary N) is 1. The van der Waals surface area contributed by atoms with E-state index in [1.54, 1.807) is 36.4 Å². The smallest absolute Gasteiger partial charge is 0.264 e. The van der Waals surface area contributed by atoms with Crippen molar-refractivity contribution < 1.29 is 13.2 Å². The molecule has 3 aromatic rings. The molecule has 0 bridgehead atoms. The fourth-order valence-corrected chi connectivity index (χ4v) is 5.71. The third kappa shape index (κ3) is 5.42. The molecule has 1 aliphatic rings. The van der Waals surface area contributed by atoms with Crippen LogP contribution in [0.5, 0.6) is 0 Å². The molecule has 0 unspecified atom stereocenters. The van der Waals surface area contributed by atoms with Crippen molar-refractivity contribution in [2.45, 2.75) is 38.5 Å². The van der Waals surface area contributed by atoms with Crippen LogP contribution in [0, 0.1) is 20.8 Å². The first kappa shape index (κ1) is 23.8. The van der Waals surface area contributed by atoms with Crippen LogP contribution in [-0.4, -0.2) is 34.0 Å². The normalized spacial score (nSPS) is 13.7. The van der Waals surface area contributed by atoms with Gasteiger partial charge in [-0.1, -0.05) is 23.8 Å². The summed E-state index contributed by atoms with van der Waals surface area (Å²) in [6, 6.07) is 19.9. The topological polar surface area (TPSA) is 69.7 Å². The fourth-order valence-electron chi connectivity index (χ4n) is 4.31. The maximum atomic E-state index is 13.6. The van der Waals surface area contributed by atoms with E-state index < -0.39 is 15.9 Å². The molecule has 0 atom stereocenters. The molecule has 1 aliphatic heterocycles. The lowest BCUT2D eigenvalue weighted by Crippen LogP contribution is -2.38. The van der Waals surface area contributed by atoms with E-state index in [9.17, 15) is 13.2 Å². The summed E-state index contributed by atoms with van der Waals surface area (Å²) in [4.78, 5) is 15.5. The summed E-state index contributed by atoms with van der Waals surface area (Å²) in [7, 11) is -3.94. The molecule has 0 aliphatic carbocycles. The molecule has 0 aromatic heterocycles. The number of hydrogen-bond acceptors (Lipinski definition) is 4. The van der Waals surface area contributed by atoms with Crippen molar-refractivity contribution in [1.29, 1.82) is 0 Å². The van der Waals surface area contributed by atoms with Gasteiger partial charge >= 0.3 is 0 Å². The summed E-state index contributed by atoms with van der Waals surface area (Å²) in [5.74, 6) is -0.399. The Morgan fingerprint density at radius 3 is 2.03 bits per heavy atom. The minimum Gasteiger partial charge on any atom is -0.372 e. The molecule has 7 heteroatoms. The highest BCUT2D eigenvalue weighted by Crippen LogP contribution is 2.27. The molecule has 34 heavy (non-hydrogen) atoms. The lowest BCUT2D eigenvalue weighted by Gasteiger charge is -2.25. The van der Waals surface area contributed by atoms with Gasteiger partial charge in [-0.15, -0.1) is 0 Å². The Morgan fingerprint density at radius 2 is 1.44 bits per heavy atom. The van der Waals surface area contributed by atoms with Crippen LogP contribution >= 0.6 is 0 Å². The van der Waals surface area contributed by atoms with Crippen LogP contribution in [0.2, 0.25) is 0 Å². The Labute approximate surface area is 202 Å². The number of hydrogen-bond donors (Lipinski definition) is 1. The maximum Gasteiger partial charge on any atom is 0.264 e. The number of sulfonamides is 1. The van der Waals surface area contributed by atoms with E-state index in [0.29, 0.717) is 11.4 Å². The summed E-state index contributed by atoms with van der Waals surface area (Å²) in [5, 5.41) is 2.86.